The molecule has 0 radical (unpaired) electrons. The van der Waals surface area contributed by atoms with Crippen LogP contribution >= 0.6 is 0 Å². The van der Waals surface area contributed by atoms with Crippen LogP contribution in [0.1, 0.15) is 51.4 Å². The summed E-state index contributed by atoms with van der Waals surface area (Å²) in [6.07, 6.45) is 5.46. The van der Waals surface area contributed by atoms with E-state index >= 15 is 0 Å². The monoisotopic (exact) mass is 305 g/mol. The van der Waals surface area contributed by atoms with E-state index in [-0.39, 0.29) is 6.61 Å². The van der Waals surface area contributed by atoms with Crippen molar-refractivity contribution in [2.75, 3.05) is 19.8 Å². The lowest BCUT2D eigenvalue weighted by molar-refractivity contribution is -0.174. The Morgan fingerprint density at radius 2 is 1.95 bits per heavy atom. The molecule has 0 aromatic heterocycles. The summed E-state index contributed by atoms with van der Waals surface area (Å²) >= 11 is 0. The Kier molecular flexibility index (Phi) is 4.51. The molecule has 0 heterocycles. The van der Waals surface area contributed by atoms with Crippen molar-refractivity contribution in [3.8, 4) is 0 Å². The summed E-state index contributed by atoms with van der Waals surface area (Å²) in [5.41, 5.74) is 0.340. The molecule has 0 aromatic rings. The molecule has 1 N–H and O–H groups in total. The summed E-state index contributed by atoms with van der Waals surface area (Å²) in [4.78, 5) is 0. The molecule has 3 aliphatic rings. The smallest absolute Gasteiger partial charge is 0.372 e. The van der Waals surface area contributed by atoms with Gasteiger partial charge in [0, 0.05) is 19.2 Å². The van der Waals surface area contributed by atoms with E-state index in [1.165, 1.54) is 38.5 Å². The fourth-order valence-electron chi connectivity index (χ4n) is 4.52. The molecular weight excluding hydrogens is 279 g/mol. The summed E-state index contributed by atoms with van der Waals surface area (Å²) in [5, 5.41) is 3.67. The highest BCUT2D eigenvalue weighted by Crippen LogP contribution is 2.57. The summed E-state index contributed by atoms with van der Waals surface area (Å²) in [6.45, 7) is 0.201. The Labute approximate surface area is 124 Å². The van der Waals surface area contributed by atoms with Gasteiger partial charge in [-0.05, 0) is 62.2 Å². The zero-order valence-electron chi connectivity index (χ0n) is 12.6. The Balaban J connectivity index is 1.44. The number of nitrogens with one attached hydrogen (secondary N) is 1. The molecular formula is C16H26F3NO. The Morgan fingerprint density at radius 1 is 1.14 bits per heavy atom. The molecule has 5 heteroatoms. The first kappa shape index (κ1) is 15.6. The van der Waals surface area contributed by atoms with E-state index in [4.69, 9.17) is 4.74 Å². The molecule has 3 saturated carbocycles. The van der Waals surface area contributed by atoms with E-state index < -0.39 is 12.8 Å². The molecule has 3 aliphatic carbocycles. The number of hydrogen-bond donors (Lipinski definition) is 1. The average molecular weight is 305 g/mol. The highest BCUT2D eigenvalue weighted by atomic mass is 19.4. The van der Waals surface area contributed by atoms with E-state index in [1.807, 2.05) is 0 Å². The van der Waals surface area contributed by atoms with Gasteiger partial charge in [0.2, 0.25) is 0 Å². The SMILES string of the molecule is FC(F)(F)COCCCC1(CNC2CC2)CC2CCC1C2. The molecule has 0 saturated heterocycles. The van der Waals surface area contributed by atoms with Crippen molar-refractivity contribution in [2.24, 2.45) is 17.3 Å². The minimum absolute atomic E-state index is 0.238. The normalized spacial score (nSPS) is 35.6. The quantitative estimate of drug-likeness (QED) is 0.687. The van der Waals surface area contributed by atoms with Gasteiger partial charge in [-0.25, -0.2) is 0 Å². The fraction of sp³-hybridized carbons (Fsp3) is 1.00. The number of hydrogen-bond acceptors (Lipinski definition) is 2. The summed E-state index contributed by atoms with van der Waals surface area (Å²) in [5.74, 6) is 1.66. The van der Waals surface area contributed by atoms with Crippen LogP contribution in [0.3, 0.4) is 0 Å². The lowest BCUT2D eigenvalue weighted by Gasteiger charge is -2.38. The highest BCUT2D eigenvalue weighted by molar-refractivity contribution is 5.02. The van der Waals surface area contributed by atoms with Gasteiger partial charge in [0.1, 0.15) is 6.61 Å². The van der Waals surface area contributed by atoms with Gasteiger partial charge in [-0.2, -0.15) is 13.2 Å². The van der Waals surface area contributed by atoms with Crippen molar-refractivity contribution in [2.45, 2.75) is 63.6 Å². The van der Waals surface area contributed by atoms with Gasteiger partial charge in [-0.1, -0.05) is 6.42 Å². The first-order valence-corrected chi connectivity index (χ1v) is 8.35. The molecule has 3 unspecified atom stereocenters. The Hall–Kier alpha value is -0.290. The van der Waals surface area contributed by atoms with Crippen molar-refractivity contribution in [3.63, 3.8) is 0 Å². The van der Waals surface area contributed by atoms with E-state index in [0.29, 0.717) is 11.5 Å². The predicted octanol–water partition coefficient (Wildman–Crippen LogP) is 3.90. The van der Waals surface area contributed by atoms with Crippen LogP contribution < -0.4 is 5.32 Å². The third-order valence-electron chi connectivity index (χ3n) is 5.65. The van der Waals surface area contributed by atoms with Crippen molar-refractivity contribution in [1.29, 1.82) is 0 Å². The van der Waals surface area contributed by atoms with E-state index in [9.17, 15) is 13.2 Å². The van der Waals surface area contributed by atoms with Crippen LogP contribution in [0.25, 0.3) is 0 Å². The van der Waals surface area contributed by atoms with Crippen LogP contribution in [0, 0.1) is 17.3 Å². The van der Waals surface area contributed by atoms with Gasteiger partial charge in [0.15, 0.2) is 0 Å². The lowest BCUT2D eigenvalue weighted by atomic mass is 9.70. The first-order chi connectivity index (χ1) is 9.97. The molecule has 122 valence electrons. The molecule has 3 rings (SSSR count). The van der Waals surface area contributed by atoms with Gasteiger partial charge in [0.25, 0.3) is 0 Å². The van der Waals surface area contributed by atoms with Crippen LogP contribution in [0.4, 0.5) is 13.2 Å². The number of ether oxygens (including phenoxy) is 1. The molecule has 0 spiro atoms. The van der Waals surface area contributed by atoms with Gasteiger partial charge in [0.05, 0.1) is 0 Å². The molecule has 2 nitrogen and oxygen atoms in total. The summed E-state index contributed by atoms with van der Waals surface area (Å²) < 4.78 is 41.0. The molecule has 3 fully saturated rings. The maximum Gasteiger partial charge on any atom is 0.411 e. The summed E-state index contributed by atoms with van der Waals surface area (Å²) in [6, 6.07) is 0.711. The molecule has 0 aliphatic heterocycles. The largest absolute Gasteiger partial charge is 0.411 e. The van der Waals surface area contributed by atoms with Gasteiger partial charge < -0.3 is 10.1 Å². The fourth-order valence-corrected chi connectivity index (χ4v) is 4.52. The minimum Gasteiger partial charge on any atom is -0.372 e. The van der Waals surface area contributed by atoms with Crippen molar-refractivity contribution in [1.82, 2.24) is 5.32 Å². The van der Waals surface area contributed by atoms with E-state index in [2.05, 4.69) is 5.32 Å². The van der Waals surface area contributed by atoms with Crippen molar-refractivity contribution >= 4 is 0 Å². The number of alkyl halides is 3. The first-order valence-electron chi connectivity index (χ1n) is 8.35. The van der Waals surface area contributed by atoms with Crippen LogP contribution in [-0.4, -0.2) is 32.0 Å². The topological polar surface area (TPSA) is 21.3 Å². The molecule has 2 bridgehead atoms. The van der Waals surface area contributed by atoms with E-state index in [1.54, 1.807) is 0 Å². The highest BCUT2D eigenvalue weighted by Gasteiger charge is 2.50. The molecule has 3 atom stereocenters. The third kappa shape index (κ3) is 4.13. The van der Waals surface area contributed by atoms with Crippen LogP contribution in [0.2, 0.25) is 0 Å². The maximum absolute atomic E-state index is 12.1. The second kappa shape index (κ2) is 6.07. The van der Waals surface area contributed by atoms with Crippen LogP contribution in [0.5, 0.6) is 0 Å². The van der Waals surface area contributed by atoms with Crippen LogP contribution in [-0.2, 0) is 4.74 Å². The third-order valence-corrected chi connectivity index (χ3v) is 5.65. The maximum atomic E-state index is 12.1. The Bertz CT molecular complexity index is 356. The Morgan fingerprint density at radius 3 is 2.52 bits per heavy atom. The molecule has 0 amide bonds. The second-order valence-electron chi connectivity index (χ2n) is 7.37. The van der Waals surface area contributed by atoms with Gasteiger partial charge >= 0.3 is 6.18 Å². The zero-order valence-corrected chi connectivity index (χ0v) is 12.6. The molecule has 0 aromatic carbocycles. The standard InChI is InChI=1S/C16H26F3NO/c17-16(18,19)11-21-7-1-6-15(10-20-14-4-5-14)9-12-2-3-13(15)8-12/h12-14,20H,1-11H2. The number of halogens is 3. The predicted molar refractivity (Wildman–Crippen MR) is 75.0 cm³/mol. The number of rotatable bonds is 8. The van der Waals surface area contributed by atoms with E-state index in [0.717, 1.165) is 31.2 Å². The lowest BCUT2D eigenvalue weighted by Crippen LogP contribution is -2.39. The van der Waals surface area contributed by atoms with Crippen LogP contribution in [0.15, 0.2) is 0 Å². The second-order valence-corrected chi connectivity index (χ2v) is 7.37. The summed E-state index contributed by atoms with van der Waals surface area (Å²) in [7, 11) is 0. The van der Waals surface area contributed by atoms with Crippen molar-refractivity contribution < 1.29 is 17.9 Å². The minimum atomic E-state index is -4.20. The number of fused-ring (bicyclic) bond motifs is 2. The van der Waals surface area contributed by atoms with Gasteiger partial charge in [-0.3, -0.25) is 0 Å². The average Bonchev–Trinajstić information content (AvgIpc) is 3.03. The van der Waals surface area contributed by atoms with Gasteiger partial charge in [-0.15, -0.1) is 0 Å². The molecule has 21 heavy (non-hydrogen) atoms. The zero-order chi connectivity index (χ0) is 14.9. The van der Waals surface area contributed by atoms with Crippen molar-refractivity contribution in [3.05, 3.63) is 0 Å².